The van der Waals surface area contributed by atoms with Gasteiger partial charge in [-0.25, -0.2) is 9.67 Å². The Morgan fingerprint density at radius 1 is 1.09 bits per heavy atom. The molecule has 0 amide bonds. The highest BCUT2D eigenvalue weighted by molar-refractivity contribution is 5.87. The molecule has 164 valence electrons. The lowest BCUT2D eigenvalue weighted by molar-refractivity contribution is -0.144. The van der Waals surface area contributed by atoms with Crippen LogP contribution in [0.5, 0.6) is 0 Å². The van der Waals surface area contributed by atoms with E-state index in [1.807, 2.05) is 0 Å². The standard InChI is InChI=1S/C21H15F3N4O4/c1-28-20(31)13-5-3-2-4-12(13)16(27-28)9-18(29)32-10-17-25-15-8-11(21(22,23)24)6-7-14(15)19(30)26-17/h2-8H,9-10H2,1H3,(H,25,26,30). The summed E-state index contributed by atoms with van der Waals surface area (Å²) in [6, 6.07) is 9.27. The number of aromatic nitrogens is 4. The molecule has 0 fully saturated rings. The second kappa shape index (κ2) is 7.91. The first-order valence-corrected chi connectivity index (χ1v) is 9.34. The molecule has 32 heavy (non-hydrogen) atoms. The van der Waals surface area contributed by atoms with E-state index in [0.717, 1.165) is 22.9 Å². The monoisotopic (exact) mass is 444 g/mol. The number of ether oxygens (including phenoxy) is 1. The molecule has 0 bridgehead atoms. The topological polar surface area (TPSA) is 107 Å². The smallest absolute Gasteiger partial charge is 0.416 e. The number of rotatable bonds is 4. The summed E-state index contributed by atoms with van der Waals surface area (Å²) < 4.78 is 45.0. The molecule has 0 atom stereocenters. The number of fused-ring (bicyclic) bond motifs is 2. The number of nitrogens with zero attached hydrogens (tertiary/aromatic N) is 3. The quantitative estimate of drug-likeness (QED) is 0.485. The second-order valence-electron chi connectivity index (χ2n) is 7.00. The number of H-pyrrole nitrogens is 1. The second-order valence-corrected chi connectivity index (χ2v) is 7.00. The van der Waals surface area contributed by atoms with Gasteiger partial charge in [0, 0.05) is 12.4 Å². The van der Waals surface area contributed by atoms with E-state index in [1.165, 1.54) is 7.05 Å². The third-order valence-corrected chi connectivity index (χ3v) is 4.80. The van der Waals surface area contributed by atoms with Gasteiger partial charge in [-0.05, 0) is 24.3 Å². The lowest BCUT2D eigenvalue weighted by Crippen LogP contribution is -2.23. The molecule has 2 aromatic heterocycles. The average Bonchev–Trinajstić information content (AvgIpc) is 2.75. The summed E-state index contributed by atoms with van der Waals surface area (Å²) in [5.41, 5.74) is -1.75. The van der Waals surface area contributed by atoms with Gasteiger partial charge in [0.1, 0.15) is 12.4 Å². The van der Waals surface area contributed by atoms with Crippen LogP contribution in [-0.4, -0.2) is 25.7 Å². The molecule has 0 aliphatic rings. The van der Waals surface area contributed by atoms with Gasteiger partial charge in [-0.2, -0.15) is 18.3 Å². The van der Waals surface area contributed by atoms with Crippen molar-refractivity contribution in [2.75, 3.05) is 0 Å². The molecule has 0 saturated carbocycles. The van der Waals surface area contributed by atoms with Crippen molar-refractivity contribution >= 4 is 27.6 Å². The molecule has 4 rings (SSSR count). The summed E-state index contributed by atoms with van der Waals surface area (Å²) >= 11 is 0. The summed E-state index contributed by atoms with van der Waals surface area (Å²) in [5.74, 6) is -0.818. The van der Waals surface area contributed by atoms with Crippen molar-refractivity contribution < 1.29 is 22.7 Å². The molecule has 2 aromatic carbocycles. The van der Waals surface area contributed by atoms with Gasteiger partial charge < -0.3 is 9.72 Å². The van der Waals surface area contributed by atoms with Gasteiger partial charge in [-0.3, -0.25) is 14.4 Å². The summed E-state index contributed by atoms with van der Waals surface area (Å²) in [6.07, 6.45) is -4.85. The van der Waals surface area contributed by atoms with E-state index >= 15 is 0 Å². The molecule has 0 aliphatic heterocycles. The highest BCUT2D eigenvalue weighted by Gasteiger charge is 2.30. The van der Waals surface area contributed by atoms with Crippen molar-refractivity contribution in [2.24, 2.45) is 7.05 Å². The first-order chi connectivity index (χ1) is 15.1. The lowest BCUT2D eigenvalue weighted by atomic mass is 10.1. The fourth-order valence-corrected chi connectivity index (χ4v) is 3.28. The molecular formula is C21H15F3N4O4. The molecule has 0 spiro atoms. The maximum absolute atomic E-state index is 12.9. The van der Waals surface area contributed by atoms with Gasteiger partial charge in [0.15, 0.2) is 0 Å². The SMILES string of the molecule is Cn1nc(CC(=O)OCc2nc3cc(C(F)(F)F)ccc3c(=O)[nH]2)c2ccccc2c1=O. The molecule has 0 saturated heterocycles. The molecule has 0 unspecified atom stereocenters. The maximum atomic E-state index is 12.9. The van der Waals surface area contributed by atoms with Crippen LogP contribution in [0.4, 0.5) is 13.2 Å². The number of hydrogen-bond donors (Lipinski definition) is 1. The van der Waals surface area contributed by atoms with Crippen molar-refractivity contribution in [3.63, 3.8) is 0 Å². The Hall–Kier alpha value is -4.02. The minimum atomic E-state index is -4.59. The van der Waals surface area contributed by atoms with Gasteiger partial charge >= 0.3 is 12.1 Å². The molecule has 1 N–H and O–H groups in total. The van der Waals surface area contributed by atoms with Gasteiger partial charge in [0.25, 0.3) is 11.1 Å². The fraction of sp³-hybridized carbons (Fsp3) is 0.190. The Kier molecular flexibility index (Phi) is 5.25. The van der Waals surface area contributed by atoms with Crippen molar-refractivity contribution in [3.05, 3.63) is 80.3 Å². The predicted octanol–water partition coefficient (Wildman–Crippen LogP) is 2.47. The molecule has 0 radical (unpaired) electrons. The van der Waals surface area contributed by atoms with Crippen LogP contribution in [0.15, 0.2) is 52.1 Å². The largest absolute Gasteiger partial charge is 0.457 e. The third-order valence-electron chi connectivity index (χ3n) is 4.80. The van der Waals surface area contributed by atoms with Crippen LogP contribution in [0, 0.1) is 0 Å². The van der Waals surface area contributed by atoms with Crippen molar-refractivity contribution in [3.8, 4) is 0 Å². The Bertz CT molecular complexity index is 1470. The number of benzene rings is 2. The van der Waals surface area contributed by atoms with Gasteiger partial charge in [0.05, 0.1) is 34.0 Å². The first-order valence-electron chi connectivity index (χ1n) is 9.34. The van der Waals surface area contributed by atoms with E-state index in [4.69, 9.17) is 4.74 Å². The highest BCUT2D eigenvalue weighted by Crippen LogP contribution is 2.30. The zero-order valence-electron chi connectivity index (χ0n) is 16.6. The summed E-state index contributed by atoms with van der Waals surface area (Å²) in [4.78, 5) is 43.0. The number of hydrogen-bond acceptors (Lipinski definition) is 6. The van der Waals surface area contributed by atoms with Gasteiger partial charge in [-0.15, -0.1) is 0 Å². The molecular weight excluding hydrogens is 429 g/mol. The van der Waals surface area contributed by atoms with Crippen molar-refractivity contribution in [1.29, 1.82) is 0 Å². The van der Waals surface area contributed by atoms with E-state index in [2.05, 4.69) is 15.1 Å². The van der Waals surface area contributed by atoms with Crippen molar-refractivity contribution in [1.82, 2.24) is 19.7 Å². The zero-order chi connectivity index (χ0) is 23.0. The van der Waals surface area contributed by atoms with Crippen LogP contribution in [0.25, 0.3) is 21.7 Å². The summed E-state index contributed by atoms with van der Waals surface area (Å²) in [6.45, 7) is -0.454. The first kappa shape index (κ1) is 21.2. The van der Waals surface area contributed by atoms with Crippen LogP contribution < -0.4 is 11.1 Å². The maximum Gasteiger partial charge on any atom is 0.416 e. The number of nitrogens with one attached hydrogen (secondary N) is 1. The van der Waals surface area contributed by atoms with Gasteiger partial charge in [-0.1, -0.05) is 18.2 Å². The number of halogens is 3. The number of aryl methyl sites for hydroxylation is 1. The number of carbonyl (C=O) groups is 1. The number of carbonyl (C=O) groups excluding carboxylic acids is 1. The zero-order valence-corrected chi connectivity index (χ0v) is 16.6. The third kappa shape index (κ3) is 4.09. The van der Waals surface area contributed by atoms with E-state index in [9.17, 15) is 27.6 Å². The average molecular weight is 444 g/mol. The fourth-order valence-electron chi connectivity index (χ4n) is 3.28. The van der Waals surface area contributed by atoms with Crippen LogP contribution >= 0.6 is 0 Å². The number of alkyl halides is 3. The van der Waals surface area contributed by atoms with Crippen LogP contribution in [-0.2, 0) is 35.8 Å². The van der Waals surface area contributed by atoms with E-state index in [0.29, 0.717) is 16.5 Å². The lowest BCUT2D eigenvalue weighted by Gasteiger charge is -2.09. The Morgan fingerprint density at radius 2 is 1.81 bits per heavy atom. The summed E-state index contributed by atoms with van der Waals surface area (Å²) in [7, 11) is 1.46. The molecule has 4 aromatic rings. The molecule has 0 aliphatic carbocycles. The minimum absolute atomic E-state index is 0.0195. The number of aromatic amines is 1. The molecule has 2 heterocycles. The van der Waals surface area contributed by atoms with E-state index < -0.39 is 29.9 Å². The minimum Gasteiger partial charge on any atom is -0.457 e. The molecule has 11 heteroatoms. The normalized spacial score (nSPS) is 11.8. The van der Waals surface area contributed by atoms with E-state index in [-0.39, 0.29) is 28.7 Å². The summed E-state index contributed by atoms with van der Waals surface area (Å²) in [5, 5.41) is 4.99. The Labute approximate surface area is 177 Å². The molecule has 8 nitrogen and oxygen atoms in total. The van der Waals surface area contributed by atoms with Crippen LogP contribution in [0.2, 0.25) is 0 Å². The van der Waals surface area contributed by atoms with Gasteiger partial charge in [0.2, 0.25) is 0 Å². The predicted molar refractivity (Wildman–Crippen MR) is 108 cm³/mol. The van der Waals surface area contributed by atoms with Crippen LogP contribution in [0.3, 0.4) is 0 Å². The number of esters is 1. The Balaban J connectivity index is 1.56. The highest BCUT2D eigenvalue weighted by atomic mass is 19.4. The van der Waals surface area contributed by atoms with E-state index in [1.54, 1.807) is 24.3 Å². The van der Waals surface area contributed by atoms with Crippen LogP contribution in [0.1, 0.15) is 17.1 Å². The van der Waals surface area contributed by atoms with Crippen molar-refractivity contribution in [2.45, 2.75) is 19.2 Å². The Morgan fingerprint density at radius 3 is 2.53 bits per heavy atom.